The molecule has 8 atom stereocenters. The molecule has 0 amide bonds. The van der Waals surface area contributed by atoms with Crippen molar-refractivity contribution in [3.63, 3.8) is 0 Å². The summed E-state index contributed by atoms with van der Waals surface area (Å²) in [7, 11) is 1.80. The number of rotatable bonds is 3. The molecule has 5 heteroatoms. The van der Waals surface area contributed by atoms with Crippen LogP contribution in [-0.2, 0) is 16.6 Å². The standard InChI is InChI=1S/C27H33NO4/c1-31-27-10-9-25(17-3-2-4-18(29)22(17)27)20-13-16-7-8-19(30)23-21(16)26(25,24(27)32-23)11-12-28(20)14-15-5-6-15/h7-10,15,17-18,20,22,24,29-30H,2-6,11-14H2,1H3/t17-,18+,20-,22-,24-,25-,26+,27-/m1/s1. The van der Waals surface area contributed by atoms with Crippen LogP contribution in [0.4, 0.5) is 0 Å². The highest BCUT2D eigenvalue weighted by molar-refractivity contribution is 5.65. The fourth-order valence-electron chi connectivity index (χ4n) is 9.81. The maximum absolute atomic E-state index is 11.4. The van der Waals surface area contributed by atoms with E-state index in [9.17, 15) is 10.2 Å². The third kappa shape index (κ3) is 1.79. The zero-order chi connectivity index (χ0) is 21.5. The van der Waals surface area contributed by atoms with Crippen LogP contribution in [-0.4, -0.2) is 59.2 Å². The number of ether oxygens (including phenoxy) is 2. The van der Waals surface area contributed by atoms with Gasteiger partial charge in [-0.15, -0.1) is 0 Å². The van der Waals surface area contributed by atoms with Gasteiger partial charge in [0.25, 0.3) is 0 Å². The summed E-state index contributed by atoms with van der Waals surface area (Å²) >= 11 is 0. The van der Waals surface area contributed by atoms with Crippen molar-refractivity contribution in [1.29, 1.82) is 0 Å². The highest BCUT2D eigenvalue weighted by atomic mass is 16.6. The van der Waals surface area contributed by atoms with Gasteiger partial charge < -0.3 is 19.7 Å². The maximum atomic E-state index is 11.4. The van der Waals surface area contributed by atoms with Crippen LogP contribution < -0.4 is 4.74 Å². The Labute approximate surface area is 189 Å². The first-order valence-electron chi connectivity index (χ1n) is 12.8. The minimum atomic E-state index is -0.643. The van der Waals surface area contributed by atoms with Gasteiger partial charge in [0.1, 0.15) is 11.7 Å². The highest BCUT2D eigenvalue weighted by Crippen LogP contribution is 2.77. The summed E-state index contributed by atoms with van der Waals surface area (Å²) in [6, 6.07) is 4.41. The van der Waals surface area contributed by atoms with Crippen molar-refractivity contribution in [1.82, 2.24) is 4.90 Å². The van der Waals surface area contributed by atoms with Crippen molar-refractivity contribution in [2.24, 2.45) is 23.2 Å². The molecule has 4 fully saturated rings. The van der Waals surface area contributed by atoms with E-state index in [1.54, 1.807) is 7.11 Å². The first kappa shape index (κ1) is 18.8. The number of nitrogens with zero attached hydrogens (tertiary/aromatic N) is 1. The van der Waals surface area contributed by atoms with Crippen LogP contribution in [0.3, 0.4) is 0 Å². The maximum Gasteiger partial charge on any atom is 0.165 e. The topological polar surface area (TPSA) is 62.2 Å². The van der Waals surface area contributed by atoms with E-state index in [0.717, 1.165) is 44.6 Å². The molecular weight excluding hydrogens is 402 g/mol. The van der Waals surface area contributed by atoms with Gasteiger partial charge in [0.2, 0.25) is 0 Å². The molecule has 8 aliphatic rings. The van der Waals surface area contributed by atoms with Crippen molar-refractivity contribution in [3.8, 4) is 11.5 Å². The Morgan fingerprint density at radius 1 is 1.19 bits per heavy atom. The van der Waals surface area contributed by atoms with Crippen LogP contribution in [0.1, 0.15) is 49.7 Å². The van der Waals surface area contributed by atoms with Gasteiger partial charge in [-0.1, -0.05) is 24.6 Å². The molecule has 2 aliphatic heterocycles. The Balaban J connectivity index is 1.44. The molecule has 1 aromatic rings. The van der Waals surface area contributed by atoms with Crippen LogP contribution in [0.15, 0.2) is 24.3 Å². The van der Waals surface area contributed by atoms with Crippen molar-refractivity contribution in [2.75, 3.05) is 20.2 Å². The largest absolute Gasteiger partial charge is 0.504 e. The van der Waals surface area contributed by atoms with Gasteiger partial charge in [0.15, 0.2) is 11.5 Å². The van der Waals surface area contributed by atoms with Crippen molar-refractivity contribution in [2.45, 2.75) is 74.2 Å². The average molecular weight is 436 g/mol. The number of aromatic hydroxyl groups is 1. The van der Waals surface area contributed by atoms with Crippen LogP contribution in [0.2, 0.25) is 0 Å². The molecule has 170 valence electrons. The van der Waals surface area contributed by atoms with Crippen molar-refractivity contribution in [3.05, 3.63) is 35.4 Å². The molecule has 0 aromatic heterocycles. The molecule has 0 radical (unpaired) electrons. The van der Waals surface area contributed by atoms with Gasteiger partial charge in [-0.25, -0.2) is 0 Å². The van der Waals surface area contributed by atoms with Gasteiger partial charge >= 0.3 is 0 Å². The first-order valence-corrected chi connectivity index (χ1v) is 12.8. The predicted molar refractivity (Wildman–Crippen MR) is 119 cm³/mol. The smallest absolute Gasteiger partial charge is 0.165 e. The fourth-order valence-corrected chi connectivity index (χ4v) is 9.81. The fraction of sp³-hybridized carbons (Fsp3) is 0.704. The summed E-state index contributed by atoms with van der Waals surface area (Å²) in [4.78, 5) is 2.81. The van der Waals surface area contributed by atoms with Crippen LogP contribution in [0.5, 0.6) is 11.5 Å². The summed E-state index contributed by atoms with van der Waals surface area (Å²) in [5, 5.41) is 22.3. The molecule has 2 heterocycles. The molecule has 2 N–H and O–H groups in total. The second-order valence-corrected chi connectivity index (χ2v) is 11.8. The van der Waals surface area contributed by atoms with Gasteiger partial charge in [0.05, 0.1) is 11.5 Å². The van der Waals surface area contributed by atoms with Gasteiger partial charge in [-0.05, 0) is 68.5 Å². The second-order valence-electron chi connectivity index (χ2n) is 11.8. The molecule has 9 rings (SSSR count). The highest BCUT2D eigenvalue weighted by Gasteiger charge is 2.82. The molecule has 4 bridgehead atoms. The van der Waals surface area contributed by atoms with E-state index >= 15 is 0 Å². The first-order chi connectivity index (χ1) is 15.6. The van der Waals surface area contributed by atoms with E-state index < -0.39 is 5.60 Å². The number of likely N-dealkylation sites (tertiary alicyclic amines) is 1. The summed E-state index contributed by atoms with van der Waals surface area (Å²) in [5.41, 5.74) is 1.74. The SMILES string of the molecule is CO[C@]12C=C[C@@]3([C@@H]4CCC[C@H](O)[C@@H]41)[C@H]1Cc4ccc(O)c5c4[C@@]3(CCN1CC1CC1)[C@H]2O5. The van der Waals surface area contributed by atoms with E-state index in [2.05, 4.69) is 23.1 Å². The van der Waals surface area contributed by atoms with Crippen LogP contribution >= 0.6 is 0 Å². The van der Waals surface area contributed by atoms with Gasteiger partial charge in [-0.3, -0.25) is 4.90 Å². The number of hydrogen-bond donors (Lipinski definition) is 2. The number of hydrogen-bond acceptors (Lipinski definition) is 5. The Morgan fingerprint density at radius 3 is 2.88 bits per heavy atom. The number of piperidine rings is 1. The quantitative estimate of drug-likeness (QED) is 0.715. The third-order valence-electron chi connectivity index (χ3n) is 10.9. The summed E-state index contributed by atoms with van der Waals surface area (Å²) < 4.78 is 13.2. The normalized spacial score (nSPS) is 49.5. The number of benzene rings is 1. The zero-order valence-corrected chi connectivity index (χ0v) is 18.8. The van der Waals surface area contributed by atoms with E-state index in [1.165, 1.54) is 30.5 Å². The minimum Gasteiger partial charge on any atom is -0.504 e. The van der Waals surface area contributed by atoms with Crippen LogP contribution in [0, 0.1) is 23.2 Å². The Kier molecular flexibility index (Phi) is 3.37. The third-order valence-corrected chi connectivity index (χ3v) is 10.9. The molecule has 1 aromatic carbocycles. The molecular formula is C27H33NO4. The number of aliphatic hydroxyl groups is 1. The number of aliphatic hydroxyl groups excluding tert-OH is 1. The summed E-state index contributed by atoms with van der Waals surface area (Å²) in [5.74, 6) is 2.24. The monoisotopic (exact) mass is 435 g/mol. The number of methoxy groups -OCH3 is 1. The minimum absolute atomic E-state index is 0.0470. The predicted octanol–water partition coefficient (Wildman–Crippen LogP) is 3.16. The Hall–Kier alpha value is -1.56. The Bertz CT molecular complexity index is 1050. The zero-order valence-electron chi connectivity index (χ0n) is 18.8. The lowest BCUT2D eigenvalue weighted by molar-refractivity contribution is -0.269. The molecule has 5 nitrogen and oxygen atoms in total. The molecule has 3 saturated carbocycles. The van der Waals surface area contributed by atoms with E-state index in [1.807, 2.05) is 6.07 Å². The van der Waals surface area contributed by atoms with Crippen molar-refractivity contribution >= 4 is 0 Å². The average Bonchev–Trinajstić information content (AvgIpc) is 3.54. The van der Waals surface area contributed by atoms with Crippen molar-refractivity contribution < 1.29 is 19.7 Å². The Morgan fingerprint density at radius 2 is 2.06 bits per heavy atom. The summed E-state index contributed by atoms with van der Waals surface area (Å²) in [6.45, 7) is 2.29. The lowest BCUT2D eigenvalue weighted by Gasteiger charge is -2.75. The molecule has 1 saturated heterocycles. The van der Waals surface area contributed by atoms with Gasteiger partial charge in [-0.2, -0.15) is 0 Å². The lowest BCUT2D eigenvalue weighted by atomic mass is 9.32. The van der Waals surface area contributed by atoms with E-state index in [0.29, 0.717) is 17.7 Å². The van der Waals surface area contributed by atoms with Crippen LogP contribution in [0.25, 0.3) is 0 Å². The van der Waals surface area contributed by atoms with Gasteiger partial charge in [0, 0.05) is 36.6 Å². The lowest BCUT2D eigenvalue weighted by Crippen LogP contribution is -2.83. The molecule has 2 spiro atoms. The molecule has 0 unspecified atom stereocenters. The molecule has 6 aliphatic carbocycles. The second kappa shape index (κ2) is 5.73. The summed E-state index contributed by atoms with van der Waals surface area (Å²) in [6.07, 6.45) is 12.1. The van der Waals surface area contributed by atoms with E-state index in [-0.39, 0.29) is 34.7 Å². The number of phenols is 1. The number of phenolic OH excluding ortho intramolecular Hbond substituents is 1. The molecule has 32 heavy (non-hydrogen) atoms. The van der Waals surface area contributed by atoms with E-state index in [4.69, 9.17) is 9.47 Å².